The first-order valence-corrected chi connectivity index (χ1v) is 8.51. The lowest BCUT2D eigenvalue weighted by atomic mass is 10.1. The number of anilines is 2. The molecule has 1 heterocycles. The van der Waals surface area contributed by atoms with Gasteiger partial charge in [0.25, 0.3) is 0 Å². The van der Waals surface area contributed by atoms with Crippen molar-refractivity contribution >= 4 is 23.4 Å². The number of aromatic nitrogens is 1. The van der Waals surface area contributed by atoms with Crippen LogP contribution in [-0.4, -0.2) is 23.1 Å². The summed E-state index contributed by atoms with van der Waals surface area (Å²) in [5, 5.41) is 11.9. The summed E-state index contributed by atoms with van der Waals surface area (Å²) in [6.45, 7) is 1.73. The second-order valence-electron chi connectivity index (χ2n) is 6.02. The molecule has 0 saturated carbocycles. The number of urea groups is 1. The molecule has 0 aliphatic heterocycles. The van der Waals surface area contributed by atoms with Crippen LogP contribution in [0.2, 0.25) is 0 Å². The van der Waals surface area contributed by atoms with E-state index in [9.17, 15) is 9.59 Å². The van der Waals surface area contributed by atoms with E-state index in [0.29, 0.717) is 23.7 Å². The summed E-state index contributed by atoms with van der Waals surface area (Å²) in [5.74, 6) is 0.510. The maximum absolute atomic E-state index is 12.7. The number of hydrogen-bond donors (Lipinski definition) is 3. The maximum Gasteiger partial charge on any atom is 0.319 e. The smallest absolute Gasteiger partial charge is 0.319 e. The molecular formula is C20H20N4O3. The number of amides is 3. The quantitative estimate of drug-likeness (QED) is 0.625. The Kier molecular flexibility index (Phi) is 5.84. The summed E-state index contributed by atoms with van der Waals surface area (Å²) in [7, 11) is 0. The summed E-state index contributed by atoms with van der Waals surface area (Å²) < 4.78 is 4.96. The predicted octanol–water partition coefficient (Wildman–Crippen LogP) is 3.35. The van der Waals surface area contributed by atoms with Crippen molar-refractivity contribution in [3.63, 3.8) is 0 Å². The van der Waals surface area contributed by atoms with Gasteiger partial charge in [0.1, 0.15) is 11.8 Å². The number of aryl methyl sites for hydroxylation is 1. The van der Waals surface area contributed by atoms with Crippen molar-refractivity contribution in [2.45, 2.75) is 19.4 Å². The van der Waals surface area contributed by atoms with Crippen LogP contribution < -0.4 is 16.0 Å². The third-order valence-corrected chi connectivity index (χ3v) is 3.82. The number of benzene rings is 2. The van der Waals surface area contributed by atoms with E-state index >= 15 is 0 Å². The van der Waals surface area contributed by atoms with Crippen LogP contribution in [0.15, 0.2) is 71.3 Å². The van der Waals surface area contributed by atoms with Crippen molar-refractivity contribution in [3.8, 4) is 0 Å². The highest BCUT2D eigenvalue weighted by Crippen LogP contribution is 2.10. The molecule has 0 radical (unpaired) electrons. The molecule has 3 amide bonds. The zero-order valence-electron chi connectivity index (χ0n) is 14.8. The van der Waals surface area contributed by atoms with E-state index in [1.54, 1.807) is 25.1 Å². The fourth-order valence-corrected chi connectivity index (χ4v) is 2.54. The van der Waals surface area contributed by atoms with Crippen LogP contribution in [0.5, 0.6) is 0 Å². The van der Waals surface area contributed by atoms with Crippen LogP contribution in [-0.2, 0) is 11.2 Å². The molecule has 3 aromatic rings. The fraction of sp³-hybridized carbons (Fsp3) is 0.150. The van der Waals surface area contributed by atoms with Crippen LogP contribution in [0, 0.1) is 6.92 Å². The van der Waals surface area contributed by atoms with E-state index in [1.807, 2.05) is 48.5 Å². The summed E-state index contributed by atoms with van der Waals surface area (Å²) >= 11 is 0. The average Bonchev–Trinajstić information content (AvgIpc) is 3.07. The lowest BCUT2D eigenvalue weighted by Crippen LogP contribution is -2.47. The Morgan fingerprint density at radius 3 is 2.30 bits per heavy atom. The number of nitrogens with zero attached hydrogens (tertiary/aromatic N) is 1. The Morgan fingerprint density at radius 1 is 1.00 bits per heavy atom. The highest BCUT2D eigenvalue weighted by atomic mass is 16.5. The number of rotatable bonds is 6. The molecular weight excluding hydrogens is 344 g/mol. The van der Waals surface area contributed by atoms with Crippen LogP contribution in [0.25, 0.3) is 0 Å². The molecule has 0 saturated heterocycles. The first-order valence-electron chi connectivity index (χ1n) is 8.51. The molecule has 2 aromatic carbocycles. The Labute approximate surface area is 156 Å². The standard InChI is InChI=1S/C20H20N4O3/c1-14-12-18(24-27-14)23-19(25)17(13-15-8-4-2-5-9-15)22-20(26)21-16-10-6-3-7-11-16/h2-12,17H,13H2,1H3,(H2,21,22,26)(H,23,24,25)/t17-/m1/s1. The fourth-order valence-electron chi connectivity index (χ4n) is 2.54. The molecule has 3 rings (SSSR count). The molecule has 138 valence electrons. The lowest BCUT2D eigenvalue weighted by Gasteiger charge is -2.18. The second-order valence-corrected chi connectivity index (χ2v) is 6.02. The van der Waals surface area contributed by atoms with E-state index in [0.717, 1.165) is 5.56 Å². The van der Waals surface area contributed by atoms with Crippen molar-refractivity contribution in [3.05, 3.63) is 78.1 Å². The highest BCUT2D eigenvalue weighted by molar-refractivity contribution is 5.98. The van der Waals surface area contributed by atoms with E-state index in [4.69, 9.17) is 4.52 Å². The molecule has 7 nitrogen and oxygen atoms in total. The molecule has 7 heteroatoms. The minimum atomic E-state index is -0.784. The monoisotopic (exact) mass is 364 g/mol. The number of carbonyl (C=O) groups is 2. The van der Waals surface area contributed by atoms with Gasteiger partial charge in [-0.05, 0) is 24.6 Å². The van der Waals surface area contributed by atoms with Crippen LogP contribution in [0.4, 0.5) is 16.3 Å². The van der Waals surface area contributed by atoms with Gasteiger partial charge in [-0.2, -0.15) is 0 Å². The summed E-state index contributed by atoms with van der Waals surface area (Å²) in [6.07, 6.45) is 0.339. The van der Waals surface area contributed by atoms with Crippen molar-refractivity contribution in [2.24, 2.45) is 0 Å². The van der Waals surface area contributed by atoms with Gasteiger partial charge < -0.3 is 20.5 Å². The topological polar surface area (TPSA) is 96.3 Å². The van der Waals surface area contributed by atoms with Gasteiger partial charge in [-0.25, -0.2) is 4.79 Å². The van der Waals surface area contributed by atoms with E-state index < -0.39 is 12.1 Å². The van der Waals surface area contributed by atoms with Gasteiger partial charge in [-0.15, -0.1) is 0 Å². The SMILES string of the molecule is Cc1cc(NC(=O)[C@@H](Cc2ccccc2)NC(=O)Nc2ccccc2)no1. The van der Waals surface area contributed by atoms with E-state index in [1.165, 1.54) is 0 Å². The van der Waals surface area contributed by atoms with E-state index in [2.05, 4.69) is 21.1 Å². The molecule has 27 heavy (non-hydrogen) atoms. The minimum absolute atomic E-state index is 0.306. The number of para-hydroxylation sites is 1. The van der Waals surface area contributed by atoms with Crippen molar-refractivity contribution < 1.29 is 14.1 Å². The normalized spacial score (nSPS) is 11.4. The average molecular weight is 364 g/mol. The van der Waals surface area contributed by atoms with Crippen molar-refractivity contribution in [2.75, 3.05) is 10.6 Å². The van der Waals surface area contributed by atoms with Gasteiger partial charge in [0, 0.05) is 18.2 Å². The minimum Gasteiger partial charge on any atom is -0.360 e. The first-order chi connectivity index (χ1) is 13.1. The lowest BCUT2D eigenvalue weighted by molar-refractivity contribution is -0.117. The molecule has 0 bridgehead atoms. The Morgan fingerprint density at radius 2 is 1.67 bits per heavy atom. The first kappa shape index (κ1) is 18.2. The van der Waals surface area contributed by atoms with Gasteiger partial charge >= 0.3 is 6.03 Å². The van der Waals surface area contributed by atoms with Crippen molar-refractivity contribution in [1.29, 1.82) is 0 Å². The Balaban J connectivity index is 1.70. The molecule has 1 atom stereocenters. The Hall–Kier alpha value is -3.61. The molecule has 0 spiro atoms. The molecule has 3 N–H and O–H groups in total. The van der Waals surface area contributed by atoms with Crippen LogP contribution in [0.1, 0.15) is 11.3 Å². The van der Waals surface area contributed by atoms with Gasteiger partial charge in [0.2, 0.25) is 5.91 Å². The molecule has 0 unspecified atom stereocenters. The van der Waals surface area contributed by atoms with E-state index in [-0.39, 0.29) is 5.91 Å². The third kappa shape index (κ3) is 5.43. The maximum atomic E-state index is 12.7. The molecule has 1 aromatic heterocycles. The van der Waals surface area contributed by atoms with Crippen LogP contribution >= 0.6 is 0 Å². The van der Waals surface area contributed by atoms with Gasteiger partial charge in [0.15, 0.2) is 5.82 Å². The largest absolute Gasteiger partial charge is 0.360 e. The molecule has 0 aliphatic carbocycles. The van der Waals surface area contributed by atoms with Crippen molar-refractivity contribution in [1.82, 2.24) is 10.5 Å². The predicted molar refractivity (Wildman–Crippen MR) is 102 cm³/mol. The van der Waals surface area contributed by atoms with Gasteiger partial charge in [-0.1, -0.05) is 53.7 Å². The zero-order valence-corrected chi connectivity index (χ0v) is 14.8. The van der Waals surface area contributed by atoms with Crippen LogP contribution in [0.3, 0.4) is 0 Å². The third-order valence-electron chi connectivity index (χ3n) is 3.82. The number of hydrogen-bond acceptors (Lipinski definition) is 4. The summed E-state index contributed by atoms with van der Waals surface area (Å²) in [6, 6.07) is 18.9. The molecule has 0 fully saturated rings. The van der Waals surface area contributed by atoms with Gasteiger partial charge in [-0.3, -0.25) is 4.79 Å². The number of carbonyl (C=O) groups excluding carboxylic acids is 2. The summed E-state index contributed by atoms with van der Waals surface area (Å²) in [4.78, 5) is 25.0. The number of nitrogens with one attached hydrogen (secondary N) is 3. The Bertz CT molecular complexity index is 894. The summed E-state index contributed by atoms with van der Waals surface area (Å²) in [5.41, 5.74) is 1.56. The zero-order chi connectivity index (χ0) is 19.1. The van der Waals surface area contributed by atoms with Gasteiger partial charge in [0.05, 0.1) is 0 Å². The molecule has 0 aliphatic rings. The highest BCUT2D eigenvalue weighted by Gasteiger charge is 2.22. The second kappa shape index (κ2) is 8.66.